The third kappa shape index (κ3) is 5.83. The summed E-state index contributed by atoms with van der Waals surface area (Å²) in [5, 5.41) is 0. The van der Waals surface area contributed by atoms with E-state index in [9.17, 15) is 0 Å². The first kappa shape index (κ1) is 17.0. The van der Waals surface area contributed by atoms with Crippen molar-refractivity contribution < 1.29 is 9.47 Å². The van der Waals surface area contributed by atoms with E-state index < -0.39 is 21.1 Å². The summed E-state index contributed by atoms with van der Waals surface area (Å²) in [6.07, 6.45) is 2.06. The number of methoxy groups -OCH3 is 1. The molecule has 1 heterocycles. The van der Waals surface area contributed by atoms with Crippen molar-refractivity contribution in [2.24, 2.45) is 0 Å². The molecule has 19 heavy (non-hydrogen) atoms. The van der Waals surface area contributed by atoms with Crippen LogP contribution in [0.15, 0.2) is 6.20 Å². The predicted molar refractivity (Wildman–Crippen MR) is 79.2 cm³/mol. The number of imidazole rings is 1. The maximum atomic E-state index is 5.69. The Balaban J connectivity index is 2.80. The van der Waals surface area contributed by atoms with Gasteiger partial charge in [0.05, 0.1) is 0 Å². The fraction of sp³-hybridized carbons (Fsp3) is 0.786. The number of aromatic nitrogens is 2. The summed E-state index contributed by atoms with van der Waals surface area (Å²) in [5.41, 5.74) is 0. The van der Waals surface area contributed by atoms with E-state index in [1.54, 1.807) is 7.11 Å². The minimum absolute atomic E-state index is 0.419. The van der Waals surface area contributed by atoms with Crippen LogP contribution in [-0.4, -0.2) is 51.0 Å². The van der Waals surface area contributed by atoms with Gasteiger partial charge in [0.2, 0.25) is 0 Å². The molecule has 0 saturated heterocycles. The third-order valence-corrected chi connectivity index (χ3v) is 6.57. The van der Waals surface area contributed by atoms with Crippen molar-refractivity contribution in [1.29, 1.82) is 0 Å². The molecule has 0 saturated carbocycles. The van der Waals surface area contributed by atoms with Gasteiger partial charge in [-0.25, -0.2) is 0 Å². The van der Waals surface area contributed by atoms with Crippen LogP contribution in [0.1, 0.15) is 46.4 Å². The molecular formula is C14H26N2O2Sn. The summed E-state index contributed by atoms with van der Waals surface area (Å²) < 4.78 is 14.8. The van der Waals surface area contributed by atoms with Gasteiger partial charge < -0.3 is 0 Å². The summed E-state index contributed by atoms with van der Waals surface area (Å²) in [6.45, 7) is 13.2. The summed E-state index contributed by atoms with van der Waals surface area (Å²) >= 11 is -0.669. The second-order valence-electron chi connectivity index (χ2n) is 5.99. The van der Waals surface area contributed by atoms with Crippen LogP contribution in [0.3, 0.4) is 0 Å². The van der Waals surface area contributed by atoms with E-state index in [4.69, 9.17) is 9.47 Å². The molecule has 1 aromatic rings. The molecule has 4 nitrogen and oxygen atoms in total. The molecule has 2 radical (unpaired) electrons. The van der Waals surface area contributed by atoms with Gasteiger partial charge in [-0.2, -0.15) is 0 Å². The molecule has 0 aliphatic carbocycles. The number of hydrogen-bond acceptors (Lipinski definition) is 3. The summed E-state index contributed by atoms with van der Waals surface area (Å²) in [6, 6.07) is 0. The van der Waals surface area contributed by atoms with Gasteiger partial charge in [-0.3, -0.25) is 0 Å². The quantitative estimate of drug-likeness (QED) is 0.543. The van der Waals surface area contributed by atoms with E-state index in [0.717, 1.165) is 5.82 Å². The molecule has 1 rings (SSSR count). The molecule has 0 unspecified atom stereocenters. The summed E-state index contributed by atoms with van der Waals surface area (Å²) in [7, 11) is 1.69. The van der Waals surface area contributed by atoms with E-state index in [1.807, 2.05) is 0 Å². The first-order valence-corrected chi connectivity index (χ1v) is 9.61. The standard InChI is InChI=1S/C10H17N2O2.C4H9.Sn/c1-9(2)10-11-4-5-12(10)8-14-7-6-13-3;1-4(2)3;/h4,9H,6-8H2,1-3H3;1-3H3;. The third-order valence-electron chi connectivity index (χ3n) is 2.56. The van der Waals surface area contributed by atoms with Crippen LogP contribution in [0.25, 0.3) is 0 Å². The van der Waals surface area contributed by atoms with Crippen molar-refractivity contribution >= 4 is 24.9 Å². The Labute approximate surface area is 127 Å². The fourth-order valence-corrected chi connectivity index (χ4v) is 5.23. The van der Waals surface area contributed by atoms with Gasteiger partial charge in [0, 0.05) is 0 Å². The zero-order chi connectivity index (χ0) is 14.5. The van der Waals surface area contributed by atoms with Crippen LogP contribution in [0.4, 0.5) is 0 Å². The van der Waals surface area contributed by atoms with Gasteiger partial charge in [-0.1, -0.05) is 0 Å². The van der Waals surface area contributed by atoms with Gasteiger partial charge in [-0.15, -0.1) is 0 Å². The second-order valence-corrected chi connectivity index (χ2v) is 12.4. The Hall–Kier alpha value is -0.0713. The molecule has 0 amide bonds. The molecule has 1 aromatic heterocycles. The van der Waals surface area contributed by atoms with Crippen LogP contribution in [0.2, 0.25) is 3.43 Å². The number of ether oxygens (including phenoxy) is 2. The van der Waals surface area contributed by atoms with E-state index in [1.165, 1.54) is 3.71 Å². The van der Waals surface area contributed by atoms with Crippen molar-refractivity contribution in [1.82, 2.24) is 9.55 Å². The molecule has 0 N–H and O–H groups in total. The average molecular weight is 373 g/mol. The van der Waals surface area contributed by atoms with Gasteiger partial charge in [0.15, 0.2) is 0 Å². The first-order chi connectivity index (χ1) is 8.85. The summed E-state index contributed by atoms with van der Waals surface area (Å²) in [5.74, 6) is 1.57. The molecule has 0 aliphatic heterocycles. The zero-order valence-electron chi connectivity index (χ0n) is 13.0. The van der Waals surface area contributed by atoms with Crippen LogP contribution in [-0.2, 0) is 16.2 Å². The number of hydrogen-bond donors (Lipinski definition) is 0. The van der Waals surface area contributed by atoms with Crippen molar-refractivity contribution in [3.8, 4) is 0 Å². The monoisotopic (exact) mass is 374 g/mol. The molecule has 108 valence electrons. The van der Waals surface area contributed by atoms with Gasteiger partial charge in [0.1, 0.15) is 0 Å². The van der Waals surface area contributed by atoms with E-state index in [0.29, 0.717) is 29.3 Å². The van der Waals surface area contributed by atoms with Gasteiger partial charge in [-0.05, 0) is 0 Å². The van der Waals surface area contributed by atoms with Crippen LogP contribution >= 0.6 is 0 Å². The minimum atomic E-state index is -0.669. The SMILES string of the molecule is COCCOCn1[c]([Sn][C](C)(C)C)cnc1C(C)C. The fourth-order valence-electron chi connectivity index (χ4n) is 1.77. The summed E-state index contributed by atoms with van der Waals surface area (Å²) in [4.78, 5) is 4.59. The molecule has 0 spiro atoms. The number of nitrogens with zero attached hydrogens (tertiary/aromatic N) is 2. The topological polar surface area (TPSA) is 36.3 Å². The molecule has 0 aliphatic rings. The Morgan fingerprint density at radius 1 is 1.32 bits per heavy atom. The normalized spacial score (nSPS) is 12.4. The van der Waals surface area contributed by atoms with Crippen LogP contribution in [0.5, 0.6) is 0 Å². The number of rotatable bonds is 7. The van der Waals surface area contributed by atoms with Crippen LogP contribution in [0, 0.1) is 0 Å². The zero-order valence-corrected chi connectivity index (χ0v) is 15.8. The maximum absolute atomic E-state index is 5.69. The Bertz CT molecular complexity index is 383. The molecule has 0 atom stereocenters. The Morgan fingerprint density at radius 2 is 2.00 bits per heavy atom. The average Bonchev–Trinajstić information content (AvgIpc) is 2.65. The van der Waals surface area contributed by atoms with Gasteiger partial charge >= 0.3 is 127 Å². The Morgan fingerprint density at radius 3 is 2.53 bits per heavy atom. The molecule has 0 fully saturated rings. The Kier molecular flexibility index (Phi) is 6.83. The first-order valence-electron chi connectivity index (χ1n) is 6.75. The molecular weight excluding hydrogens is 347 g/mol. The van der Waals surface area contributed by atoms with Gasteiger partial charge in [0.25, 0.3) is 0 Å². The van der Waals surface area contributed by atoms with E-state index in [-0.39, 0.29) is 0 Å². The van der Waals surface area contributed by atoms with Crippen LogP contribution < -0.4 is 3.71 Å². The molecule has 0 bridgehead atoms. The molecule has 5 heteroatoms. The van der Waals surface area contributed by atoms with Crippen molar-refractivity contribution in [2.75, 3.05) is 20.3 Å². The second kappa shape index (κ2) is 7.64. The van der Waals surface area contributed by atoms with Crippen molar-refractivity contribution in [2.45, 2.75) is 50.7 Å². The van der Waals surface area contributed by atoms with Crippen molar-refractivity contribution in [3.63, 3.8) is 0 Å². The van der Waals surface area contributed by atoms with E-state index in [2.05, 4.69) is 50.4 Å². The predicted octanol–water partition coefficient (Wildman–Crippen LogP) is 2.17. The van der Waals surface area contributed by atoms with E-state index >= 15 is 0 Å². The van der Waals surface area contributed by atoms with Crippen molar-refractivity contribution in [3.05, 3.63) is 12.0 Å². The molecule has 0 aromatic carbocycles.